The van der Waals surface area contributed by atoms with E-state index in [1.165, 1.54) is 13.2 Å². The van der Waals surface area contributed by atoms with Gasteiger partial charge in [-0.1, -0.05) is 19.1 Å². The molecule has 1 aromatic rings. The second-order valence-corrected chi connectivity index (χ2v) is 7.20. The molecule has 3 rings (SSSR count). The molecule has 136 valence electrons. The first-order valence-corrected chi connectivity index (χ1v) is 8.78. The fraction of sp³-hybridized carbons (Fsp3) is 0.579. The summed E-state index contributed by atoms with van der Waals surface area (Å²) in [7, 11) is 3.18. The zero-order chi connectivity index (χ0) is 18.0. The standard InChI is InChI=1S/C19H26FN3O2/c1-13-10-23(11-16(13)17(24)25-3)18(21-2)22-12-19(7-8-19)14-5-4-6-15(20)9-14/h4-6,9,13,16H,7-8,10-12H2,1-3H3,(H,21,22). The van der Waals surface area contributed by atoms with Gasteiger partial charge in [-0.15, -0.1) is 0 Å². The largest absolute Gasteiger partial charge is 0.469 e. The van der Waals surface area contributed by atoms with Crippen LogP contribution in [-0.2, 0) is 14.9 Å². The van der Waals surface area contributed by atoms with E-state index in [2.05, 4.69) is 22.1 Å². The number of rotatable bonds is 4. The van der Waals surface area contributed by atoms with Gasteiger partial charge in [0.2, 0.25) is 0 Å². The van der Waals surface area contributed by atoms with Gasteiger partial charge in [-0.25, -0.2) is 4.39 Å². The second-order valence-electron chi connectivity index (χ2n) is 7.20. The Morgan fingerprint density at radius 3 is 2.80 bits per heavy atom. The van der Waals surface area contributed by atoms with Crippen LogP contribution in [0.3, 0.4) is 0 Å². The van der Waals surface area contributed by atoms with Crippen molar-refractivity contribution in [2.24, 2.45) is 16.8 Å². The third kappa shape index (κ3) is 3.62. The van der Waals surface area contributed by atoms with Crippen molar-refractivity contribution in [1.82, 2.24) is 10.2 Å². The van der Waals surface area contributed by atoms with Crippen LogP contribution >= 0.6 is 0 Å². The van der Waals surface area contributed by atoms with Gasteiger partial charge in [-0.2, -0.15) is 0 Å². The van der Waals surface area contributed by atoms with Crippen molar-refractivity contribution in [2.75, 3.05) is 33.8 Å². The van der Waals surface area contributed by atoms with Crippen LogP contribution in [0.25, 0.3) is 0 Å². The van der Waals surface area contributed by atoms with Crippen LogP contribution in [0.4, 0.5) is 4.39 Å². The van der Waals surface area contributed by atoms with Crippen LogP contribution < -0.4 is 5.32 Å². The van der Waals surface area contributed by atoms with E-state index < -0.39 is 0 Å². The minimum Gasteiger partial charge on any atom is -0.469 e. The number of methoxy groups -OCH3 is 1. The van der Waals surface area contributed by atoms with Gasteiger partial charge >= 0.3 is 5.97 Å². The third-order valence-electron chi connectivity index (χ3n) is 5.50. The summed E-state index contributed by atoms with van der Waals surface area (Å²) in [5, 5.41) is 3.43. The lowest BCUT2D eigenvalue weighted by Crippen LogP contribution is -2.43. The monoisotopic (exact) mass is 347 g/mol. The Morgan fingerprint density at radius 1 is 1.44 bits per heavy atom. The molecule has 5 nitrogen and oxygen atoms in total. The van der Waals surface area contributed by atoms with E-state index in [1.54, 1.807) is 19.2 Å². The molecule has 2 aliphatic rings. The Bertz CT molecular complexity index is 672. The first-order valence-electron chi connectivity index (χ1n) is 8.78. The molecule has 1 aliphatic heterocycles. The molecule has 1 aliphatic carbocycles. The quantitative estimate of drug-likeness (QED) is 0.515. The summed E-state index contributed by atoms with van der Waals surface area (Å²) in [4.78, 5) is 18.4. The molecular weight excluding hydrogens is 321 g/mol. The predicted octanol–water partition coefficient (Wildman–Crippen LogP) is 2.17. The molecule has 0 amide bonds. The van der Waals surface area contributed by atoms with Crippen molar-refractivity contribution in [1.29, 1.82) is 0 Å². The topological polar surface area (TPSA) is 53.9 Å². The highest BCUT2D eigenvalue weighted by Gasteiger charge is 2.45. The average molecular weight is 347 g/mol. The van der Waals surface area contributed by atoms with Crippen LogP contribution in [-0.4, -0.2) is 50.6 Å². The highest BCUT2D eigenvalue weighted by molar-refractivity contribution is 5.82. The molecule has 1 saturated carbocycles. The van der Waals surface area contributed by atoms with E-state index in [1.807, 2.05) is 6.07 Å². The Labute approximate surface area is 148 Å². The van der Waals surface area contributed by atoms with Gasteiger partial charge < -0.3 is 15.0 Å². The first kappa shape index (κ1) is 17.7. The normalized spacial score (nSPS) is 25.0. The highest BCUT2D eigenvalue weighted by atomic mass is 19.1. The van der Waals surface area contributed by atoms with Crippen LogP contribution in [0.2, 0.25) is 0 Å². The van der Waals surface area contributed by atoms with Gasteiger partial charge in [-0.3, -0.25) is 9.79 Å². The number of hydrogen-bond donors (Lipinski definition) is 1. The van der Waals surface area contributed by atoms with Crippen molar-refractivity contribution in [3.8, 4) is 0 Å². The van der Waals surface area contributed by atoms with Gasteiger partial charge in [0.15, 0.2) is 5.96 Å². The zero-order valence-corrected chi connectivity index (χ0v) is 15.1. The molecule has 6 heteroatoms. The number of carbonyl (C=O) groups excluding carboxylic acids is 1. The number of guanidine groups is 1. The van der Waals surface area contributed by atoms with E-state index in [4.69, 9.17) is 4.74 Å². The molecule has 0 aromatic heterocycles. The predicted molar refractivity (Wildman–Crippen MR) is 94.9 cm³/mol. The van der Waals surface area contributed by atoms with Gasteiger partial charge in [0.05, 0.1) is 13.0 Å². The molecule has 0 spiro atoms. The molecule has 1 heterocycles. The van der Waals surface area contributed by atoms with E-state index in [0.29, 0.717) is 6.54 Å². The minimum absolute atomic E-state index is 0.00880. The van der Waals surface area contributed by atoms with Crippen LogP contribution in [0, 0.1) is 17.7 Å². The number of carbonyl (C=O) groups is 1. The van der Waals surface area contributed by atoms with Crippen LogP contribution in [0.15, 0.2) is 29.3 Å². The van der Waals surface area contributed by atoms with Crippen molar-refractivity contribution in [3.63, 3.8) is 0 Å². The lowest BCUT2D eigenvalue weighted by atomic mass is 9.96. The second kappa shape index (κ2) is 7.02. The molecule has 1 saturated heterocycles. The van der Waals surface area contributed by atoms with E-state index in [-0.39, 0.29) is 29.0 Å². The van der Waals surface area contributed by atoms with E-state index >= 15 is 0 Å². The molecule has 1 N–H and O–H groups in total. The van der Waals surface area contributed by atoms with Gasteiger partial charge in [0.25, 0.3) is 0 Å². The summed E-state index contributed by atoms with van der Waals surface area (Å²) in [6, 6.07) is 6.86. The lowest BCUT2D eigenvalue weighted by molar-refractivity contribution is -0.145. The SMILES string of the molecule is CN=C(NCC1(c2cccc(F)c2)CC1)N1CC(C)C(C(=O)OC)C1. The van der Waals surface area contributed by atoms with Crippen LogP contribution in [0.5, 0.6) is 0 Å². The fourth-order valence-electron chi connectivity index (χ4n) is 3.72. The van der Waals surface area contributed by atoms with Gasteiger partial charge in [0.1, 0.15) is 5.82 Å². The van der Waals surface area contributed by atoms with E-state index in [0.717, 1.165) is 37.5 Å². The number of hydrogen-bond acceptors (Lipinski definition) is 3. The Hall–Kier alpha value is -2.11. The number of nitrogens with zero attached hydrogens (tertiary/aromatic N) is 2. The number of nitrogens with one attached hydrogen (secondary N) is 1. The Balaban J connectivity index is 1.63. The van der Waals surface area contributed by atoms with Crippen molar-refractivity contribution in [2.45, 2.75) is 25.2 Å². The molecule has 1 aromatic carbocycles. The number of ether oxygens (including phenoxy) is 1. The van der Waals surface area contributed by atoms with Gasteiger partial charge in [-0.05, 0) is 36.5 Å². The maximum Gasteiger partial charge on any atom is 0.310 e. The summed E-state index contributed by atoms with van der Waals surface area (Å²) < 4.78 is 18.4. The summed E-state index contributed by atoms with van der Waals surface area (Å²) in [6.45, 7) is 4.16. The molecule has 2 unspecified atom stereocenters. The molecule has 2 fully saturated rings. The maximum atomic E-state index is 13.5. The summed E-state index contributed by atoms with van der Waals surface area (Å²) in [5.74, 6) is 0.540. The molecule has 25 heavy (non-hydrogen) atoms. The molecule has 2 atom stereocenters. The lowest BCUT2D eigenvalue weighted by Gasteiger charge is -2.24. The van der Waals surface area contributed by atoms with Gasteiger partial charge in [0, 0.05) is 32.1 Å². The zero-order valence-electron chi connectivity index (χ0n) is 15.1. The smallest absolute Gasteiger partial charge is 0.310 e. The number of aliphatic imine (C=N–C) groups is 1. The summed E-state index contributed by atoms with van der Waals surface area (Å²) in [6.07, 6.45) is 2.09. The number of esters is 1. The highest BCUT2D eigenvalue weighted by Crippen LogP contribution is 2.47. The molecular formula is C19H26FN3O2. The average Bonchev–Trinajstić information content (AvgIpc) is 3.31. The summed E-state index contributed by atoms with van der Waals surface area (Å²) >= 11 is 0. The van der Waals surface area contributed by atoms with Crippen molar-refractivity contribution in [3.05, 3.63) is 35.6 Å². The summed E-state index contributed by atoms with van der Waals surface area (Å²) in [5.41, 5.74) is 1.03. The number of benzene rings is 1. The minimum atomic E-state index is -0.192. The van der Waals surface area contributed by atoms with E-state index in [9.17, 15) is 9.18 Å². The third-order valence-corrected chi connectivity index (χ3v) is 5.50. The number of likely N-dealkylation sites (tertiary alicyclic amines) is 1. The first-order chi connectivity index (χ1) is 12.0. The molecule has 0 radical (unpaired) electrons. The fourth-order valence-corrected chi connectivity index (χ4v) is 3.72. The van der Waals surface area contributed by atoms with Crippen LogP contribution in [0.1, 0.15) is 25.3 Å². The number of halogens is 1. The molecule has 0 bridgehead atoms. The van der Waals surface area contributed by atoms with Crippen molar-refractivity contribution >= 4 is 11.9 Å². The Kier molecular flexibility index (Phi) is 4.97. The Morgan fingerprint density at radius 2 is 2.20 bits per heavy atom. The maximum absolute atomic E-state index is 13.5. The van der Waals surface area contributed by atoms with Crippen molar-refractivity contribution < 1.29 is 13.9 Å².